The first kappa shape index (κ1) is 18.7. The number of hydrogen-bond donors (Lipinski definition) is 2. The van der Waals surface area contributed by atoms with E-state index >= 15 is 0 Å². The molecular formula is C16H23N3O4S. The van der Waals surface area contributed by atoms with Crippen molar-refractivity contribution in [1.82, 2.24) is 14.9 Å². The van der Waals surface area contributed by atoms with E-state index in [2.05, 4.69) is 9.97 Å². The van der Waals surface area contributed by atoms with Crippen molar-refractivity contribution in [2.45, 2.75) is 50.3 Å². The fourth-order valence-electron chi connectivity index (χ4n) is 2.89. The summed E-state index contributed by atoms with van der Waals surface area (Å²) in [6, 6.07) is 0. The molecule has 0 bridgehead atoms. The first-order valence-electron chi connectivity index (χ1n) is 7.88. The van der Waals surface area contributed by atoms with Gasteiger partial charge >= 0.3 is 5.97 Å². The van der Waals surface area contributed by atoms with Crippen LogP contribution in [-0.4, -0.2) is 61.9 Å². The average molecular weight is 353 g/mol. The Morgan fingerprint density at radius 3 is 2.21 bits per heavy atom. The summed E-state index contributed by atoms with van der Waals surface area (Å²) in [4.78, 5) is 33.8. The molecule has 1 aromatic rings. The highest BCUT2D eigenvalue weighted by Crippen LogP contribution is 2.23. The number of carboxylic acid groups (broad SMARTS) is 1. The van der Waals surface area contributed by atoms with Crippen molar-refractivity contribution >= 4 is 23.6 Å². The highest BCUT2D eigenvalue weighted by atomic mass is 32.2. The second kappa shape index (κ2) is 7.48. The maximum absolute atomic E-state index is 12.3. The Bertz CT molecular complexity index is 619. The van der Waals surface area contributed by atoms with Crippen molar-refractivity contribution in [3.63, 3.8) is 0 Å². The van der Waals surface area contributed by atoms with Crippen LogP contribution in [0.15, 0.2) is 5.16 Å². The third-order valence-corrected chi connectivity index (χ3v) is 5.06. The van der Waals surface area contributed by atoms with Gasteiger partial charge in [-0.15, -0.1) is 0 Å². The number of aliphatic carboxylic acids is 1. The Labute approximate surface area is 145 Å². The molecule has 1 amide bonds. The summed E-state index contributed by atoms with van der Waals surface area (Å²) >= 11 is 1.49. The Morgan fingerprint density at radius 2 is 1.75 bits per heavy atom. The number of rotatable bonds is 5. The summed E-state index contributed by atoms with van der Waals surface area (Å²) in [6.45, 7) is 4.37. The summed E-state index contributed by atoms with van der Waals surface area (Å²) in [7, 11) is 0. The smallest absolute Gasteiger partial charge is 0.335 e. The van der Waals surface area contributed by atoms with E-state index in [1.807, 2.05) is 20.1 Å². The van der Waals surface area contributed by atoms with E-state index < -0.39 is 11.6 Å². The van der Waals surface area contributed by atoms with E-state index in [4.69, 9.17) is 5.11 Å². The van der Waals surface area contributed by atoms with Crippen molar-refractivity contribution < 1.29 is 19.8 Å². The van der Waals surface area contributed by atoms with Crippen LogP contribution >= 0.6 is 11.8 Å². The predicted molar refractivity (Wildman–Crippen MR) is 90.0 cm³/mol. The van der Waals surface area contributed by atoms with Crippen LogP contribution < -0.4 is 0 Å². The molecule has 8 heteroatoms. The van der Waals surface area contributed by atoms with Gasteiger partial charge in [0.15, 0.2) is 10.8 Å². The second-order valence-electron chi connectivity index (χ2n) is 6.08. The molecule has 2 N–H and O–H groups in total. The maximum atomic E-state index is 12.3. The monoisotopic (exact) mass is 353 g/mol. The van der Waals surface area contributed by atoms with Crippen molar-refractivity contribution in [2.75, 3.05) is 19.3 Å². The Hall–Kier alpha value is -1.67. The van der Waals surface area contributed by atoms with E-state index in [1.54, 1.807) is 4.90 Å². The Kier molecular flexibility index (Phi) is 5.82. The van der Waals surface area contributed by atoms with Gasteiger partial charge in [-0.1, -0.05) is 11.8 Å². The molecular weight excluding hydrogens is 330 g/mol. The van der Waals surface area contributed by atoms with Gasteiger partial charge in [0.2, 0.25) is 5.91 Å². The molecule has 24 heavy (non-hydrogen) atoms. The third-order valence-electron chi connectivity index (χ3n) is 4.51. The number of carbonyl (C=O) groups excluding carboxylic acids is 1. The molecule has 1 aliphatic heterocycles. The number of nitrogens with zero attached hydrogens (tertiary/aromatic N) is 3. The zero-order valence-electron chi connectivity index (χ0n) is 14.2. The number of hydrogen-bond acceptors (Lipinski definition) is 6. The topological polar surface area (TPSA) is 104 Å². The van der Waals surface area contributed by atoms with E-state index in [9.17, 15) is 14.7 Å². The van der Waals surface area contributed by atoms with Crippen LogP contribution in [0, 0.1) is 13.8 Å². The molecule has 1 aromatic heterocycles. The fraction of sp³-hybridized carbons (Fsp3) is 0.625. The van der Waals surface area contributed by atoms with Crippen LogP contribution in [0.3, 0.4) is 0 Å². The van der Waals surface area contributed by atoms with Gasteiger partial charge in [0, 0.05) is 43.7 Å². The molecule has 0 unspecified atom stereocenters. The Morgan fingerprint density at radius 1 is 1.21 bits per heavy atom. The number of thioether (sulfide) groups is 1. The SMILES string of the molecule is CSc1nc(C)c(CCC(=O)N2CCC(O)(C(=O)O)CC2)c(C)n1. The molecule has 1 saturated heterocycles. The number of aromatic nitrogens is 2. The minimum atomic E-state index is -1.70. The van der Waals surface area contributed by atoms with E-state index in [0.29, 0.717) is 12.8 Å². The van der Waals surface area contributed by atoms with Gasteiger partial charge in [-0.25, -0.2) is 14.8 Å². The minimum Gasteiger partial charge on any atom is -0.479 e. The van der Waals surface area contributed by atoms with E-state index in [0.717, 1.165) is 22.1 Å². The molecule has 0 aromatic carbocycles. The zero-order chi connectivity index (χ0) is 17.9. The lowest BCUT2D eigenvalue weighted by atomic mass is 9.91. The number of likely N-dealkylation sites (tertiary alicyclic amines) is 1. The third kappa shape index (κ3) is 4.05. The van der Waals surface area contributed by atoms with Gasteiger partial charge in [-0.05, 0) is 32.1 Å². The summed E-state index contributed by atoms with van der Waals surface area (Å²) in [5.74, 6) is -1.25. The molecule has 0 spiro atoms. The molecule has 7 nitrogen and oxygen atoms in total. The van der Waals surface area contributed by atoms with Crippen LogP contribution in [0.1, 0.15) is 36.2 Å². The van der Waals surface area contributed by atoms with Gasteiger partial charge < -0.3 is 15.1 Å². The standard InChI is InChI=1S/C16H23N3O4S/c1-10-12(11(2)18-15(17-10)24-3)4-5-13(20)19-8-6-16(23,7-9-19)14(21)22/h23H,4-9H2,1-3H3,(H,21,22). The van der Waals surface area contributed by atoms with E-state index in [1.165, 1.54) is 11.8 Å². The fourth-order valence-corrected chi connectivity index (χ4v) is 3.35. The van der Waals surface area contributed by atoms with Crippen LogP contribution in [0.2, 0.25) is 0 Å². The lowest BCUT2D eigenvalue weighted by molar-refractivity contribution is -0.165. The molecule has 0 aliphatic carbocycles. The van der Waals surface area contributed by atoms with Gasteiger partial charge in [-0.3, -0.25) is 4.79 Å². The lowest BCUT2D eigenvalue weighted by Gasteiger charge is -2.35. The largest absolute Gasteiger partial charge is 0.479 e. The molecule has 2 heterocycles. The van der Waals surface area contributed by atoms with Crippen molar-refractivity contribution in [3.8, 4) is 0 Å². The average Bonchev–Trinajstić information content (AvgIpc) is 2.54. The highest BCUT2D eigenvalue weighted by molar-refractivity contribution is 7.98. The van der Waals surface area contributed by atoms with Crippen molar-refractivity contribution in [2.24, 2.45) is 0 Å². The van der Waals surface area contributed by atoms with Crippen molar-refractivity contribution in [1.29, 1.82) is 0 Å². The first-order chi connectivity index (χ1) is 11.3. The number of carbonyl (C=O) groups is 2. The number of aliphatic hydroxyl groups is 1. The number of piperidine rings is 1. The molecule has 1 fully saturated rings. The summed E-state index contributed by atoms with van der Waals surface area (Å²) in [5, 5.41) is 19.7. The molecule has 132 valence electrons. The molecule has 2 rings (SSSR count). The van der Waals surface area contributed by atoms with Crippen LogP contribution in [0.25, 0.3) is 0 Å². The van der Waals surface area contributed by atoms with Gasteiger partial charge in [0.1, 0.15) is 0 Å². The highest BCUT2D eigenvalue weighted by Gasteiger charge is 2.40. The van der Waals surface area contributed by atoms with Crippen LogP contribution in [0.4, 0.5) is 0 Å². The first-order valence-corrected chi connectivity index (χ1v) is 9.11. The van der Waals surface area contributed by atoms with Crippen LogP contribution in [0.5, 0.6) is 0 Å². The molecule has 0 radical (unpaired) electrons. The quantitative estimate of drug-likeness (QED) is 0.605. The van der Waals surface area contributed by atoms with Crippen molar-refractivity contribution in [3.05, 3.63) is 17.0 Å². The molecule has 0 saturated carbocycles. The maximum Gasteiger partial charge on any atom is 0.335 e. The second-order valence-corrected chi connectivity index (χ2v) is 6.85. The van der Waals surface area contributed by atoms with E-state index in [-0.39, 0.29) is 31.8 Å². The van der Waals surface area contributed by atoms with Gasteiger partial charge in [0.25, 0.3) is 0 Å². The lowest BCUT2D eigenvalue weighted by Crippen LogP contribution is -2.50. The summed E-state index contributed by atoms with van der Waals surface area (Å²) in [6.07, 6.45) is 2.95. The normalized spacial score (nSPS) is 16.9. The molecule has 0 atom stereocenters. The van der Waals surface area contributed by atoms with Gasteiger partial charge in [-0.2, -0.15) is 0 Å². The zero-order valence-corrected chi connectivity index (χ0v) is 15.0. The number of carboxylic acids is 1. The minimum absolute atomic E-state index is 0.0322. The number of aryl methyl sites for hydroxylation is 2. The predicted octanol–water partition coefficient (Wildman–Crippen LogP) is 1.19. The number of amides is 1. The summed E-state index contributed by atoms with van der Waals surface area (Å²) in [5.41, 5.74) is 1.06. The molecule has 1 aliphatic rings. The Balaban J connectivity index is 1.94. The van der Waals surface area contributed by atoms with Gasteiger partial charge in [0.05, 0.1) is 0 Å². The van der Waals surface area contributed by atoms with Crippen LogP contribution in [-0.2, 0) is 16.0 Å². The summed E-state index contributed by atoms with van der Waals surface area (Å²) < 4.78 is 0.